The van der Waals surface area contributed by atoms with Crippen LogP contribution in [0.25, 0.3) is 11.2 Å². The van der Waals surface area contributed by atoms with Crippen molar-refractivity contribution in [2.45, 2.75) is 27.0 Å². The van der Waals surface area contributed by atoms with Crippen molar-refractivity contribution < 1.29 is 9.84 Å². The first-order valence-corrected chi connectivity index (χ1v) is 7.14. The molecule has 0 aliphatic carbocycles. The second kappa shape index (κ2) is 8.79. The molecule has 2 heterocycles. The molecule has 5 heteroatoms. The van der Waals surface area contributed by atoms with Gasteiger partial charge in [-0.1, -0.05) is 33.1 Å². The Morgan fingerprint density at radius 1 is 1.32 bits per heavy atom. The zero-order valence-corrected chi connectivity index (χ0v) is 13.4. The van der Waals surface area contributed by atoms with E-state index in [-0.39, 0.29) is 6.61 Å². The number of allylic oxidation sites excluding steroid dienone is 3. The van der Waals surface area contributed by atoms with Crippen LogP contribution in [0.3, 0.4) is 0 Å². The van der Waals surface area contributed by atoms with E-state index in [1.54, 1.807) is 31.8 Å². The maximum absolute atomic E-state index is 9.27. The quantitative estimate of drug-likeness (QED) is 0.657. The lowest BCUT2D eigenvalue weighted by Crippen LogP contribution is -1.99. The molecule has 5 nitrogen and oxygen atoms in total. The highest BCUT2D eigenvalue weighted by molar-refractivity contribution is 5.74. The minimum atomic E-state index is -0.0510. The number of fused-ring (bicyclic) bond motifs is 1. The molecule has 0 aromatic carbocycles. The van der Waals surface area contributed by atoms with Crippen molar-refractivity contribution in [2.75, 3.05) is 7.11 Å². The van der Waals surface area contributed by atoms with Crippen molar-refractivity contribution in [3.63, 3.8) is 0 Å². The second-order valence-electron chi connectivity index (χ2n) is 4.33. The molecule has 0 saturated carbocycles. The number of aromatic nitrogens is 3. The zero-order chi connectivity index (χ0) is 16.5. The van der Waals surface area contributed by atoms with Gasteiger partial charge in [-0.05, 0) is 17.7 Å². The van der Waals surface area contributed by atoms with Gasteiger partial charge >= 0.3 is 0 Å². The summed E-state index contributed by atoms with van der Waals surface area (Å²) >= 11 is 0. The van der Waals surface area contributed by atoms with Gasteiger partial charge in [0.2, 0.25) is 0 Å². The van der Waals surface area contributed by atoms with E-state index < -0.39 is 0 Å². The van der Waals surface area contributed by atoms with E-state index in [0.29, 0.717) is 17.8 Å². The number of rotatable bonds is 6. The first-order chi connectivity index (χ1) is 10.7. The zero-order valence-electron chi connectivity index (χ0n) is 13.4. The van der Waals surface area contributed by atoms with Gasteiger partial charge in [0.15, 0.2) is 5.65 Å². The largest absolute Gasteiger partial charge is 0.497 e. The molecule has 0 unspecified atom stereocenters. The number of aliphatic hydroxyl groups is 1. The molecule has 0 bridgehead atoms. The molecule has 0 amide bonds. The van der Waals surface area contributed by atoms with Gasteiger partial charge in [0.1, 0.15) is 11.3 Å². The number of aliphatic hydroxyl groups excluding tert-OH is 1. The molecular formula is C17H23N3O2. The van der Waals surface area contributed by atoms with Crippen molar-refractivity contribution in [1.29, 1.82) is 0 Å². The third-order valence-corrected chi connectivity index (χ3v) is 2.90. The molecule has 118 valence electrons. The number of hydrogen-bond acceptors (Lipinski definition) is 4. The highest BCUT2D eigenvalue weighted by Gasteiger charge is 2.07. The number of pyridine rings is 1. The normalized spacial score (nSPS) is 10.4. The van der Waals surface area contributed by atoms with Gasteiger partial charge in [-0.15, -0.1) is 0 Å². The Labute approximate surface area is 131 Å². The lowest BCUT2D eigenvalue weighted by Gasteiger charge is -2.04. The fraction of sp³-hybridized carbons (Fsp3) is 0.294. The fourth-order valence-electron chi connectivity index (χ4n) is 1.81. The van der Waals surface area contributed by atoms with Crippen LogP contribution in [0.4, 0.5) is 0 Å². The van der Waals surface area contributed by atoms with Gasteiger partial charge in [0, 0.05) is 18.3 Å². The summed E-state index contributed by atoms with van der Waals surface area (Å²) in [5.41, 5.74) is 3.09. The Morgan fingerprint density at radius 3 is 2.68 bits per heavy atom. The van der Waals surface area contributed by atoms with Gasteiger partial charge in [-0.25, -0.2) is 9.97 Å². The predicted octanol–water partition coefficient (Wildman–Crippen LogP) is 3.22. The summed E-state index contributed by atoms with van der Waals surface area (Å²) in [5.74, 6) is 0.572. The summed E-state index contributed by atoms with van der Waals surface area (Å²) in [6.45, 7) is 12.2. The van der Waals surface area contributed by atoms with Crippen LogP contribution in [0.2, 0.25) is 0 Å². The first kappa shape index (κ1) is 17.7. The fourth-order valence-corrected chi connectivity index (χ4v) is 1.81. The molecule has 0 fully saturated rings. The maximum atomic E-state index is 9.27. The van der Waals surface area contributed by atoms with Crippen molar-refractivity contribution in [3.8, 4) is 0 Å². The van der Waals surface area contributed by atoms with Crippen LogP contribution in [0.1, 0.15) is 19.4 Å². The van der Waals surface area contributed by atoms with Gasteiger partial charge in [0.25, 0.3) is 0 Å². The minimum absolute atomic E-state index is 0.0510. The molecule has 2 rings (SSSR count). The molecule has 0 atom stereocenters. The Kier molecular flexibility index (Phi) is 7.05. The average molecular weight is 301 g/mol. The van der Waals surface area contributed by atoms with Gasteiger partial charge in [-0.2, -0.15) is 0 Å². The number of hydrogen-bond donors (Lipinski definition) is 1. The Bertz CT molecular complexity index is 672. The highest BCUT2D eigenvalue weighted by atomic mass is 16.5. The minimum Gasteiger partial charge on any atom is -0.497 e. The molecule has 1 N–H and O–H groups in total. The standard InChI is InChI=1S/C15H17N3O2.C2H6/c1-11(4-5-12(2)20-3)8-18-10-17-14-13(9-19)6-7-16-15(14)18;1-2/h4-7,10,19H,1-2,8-9H2,3H3;1-2H3/b5-4-;. The molecular weight excluding hydrogens is 278 g/mol. The molecule has 0 saturated heterocycles. The highest BCUT2D eigenvalue weighted by Crippen LogP contribution is 2.16. The van der Waals surface area contributed by atoms with Gasteiger partial charge in [0.05, 0.1) is 20.0 Å². The third kappa shape index (κ3) is 4.30. The lowest BCUT2D eigenvalue weighted by molar-refractivity contribution is 0.283. The Balaban J connectivity index is 0.00000116. The Morgan fingerprint density at radius 2 is 2.05 bits per heavy atom. The van der Waals surface area contributed by atoms with Crippen molar-refractivity contribution in [2.24, 2.45) is 0 Å². The summed E-state index contributed by atoms with van der Waals surface area (Å²) in [6.07, 6.45) is 6.96. The molecule has 2 aromatic heterocycles. The van der Waals surface area contributed by atoms with Crippen molar-refractivity contribution in [1.82, 2.24) is 14.5 Å². The van der Waals surface area contributed by atoms with E-state index >= 15 is 0 Å². The van der Waals surface area contributed by atoms with Crippen LogP contribution in [0, 0.1) is 0 Å². The second-order valence-corrected chi connectivity index (χ2v) is 4.33. The molecule has 0 aliphatic heterocycles. The summed E-state index contributed by atoms with van der Waals surface area (Å²) in [5, 5.41) is 9.27. The van der Waals surface area contributed by atoms with Crippen molar-refractivity contribution >= 4 is 11.2 Å². The molecule has 2 aromatic rings. The summed E-state index contributed by atoms with van der Waals surface area (Å²) in [7, 11) is 1.57. The van der Waals surface area contributed by atoms with Crippen molar-refractivity contribution in [3.05, 3.63) is 60.8 Å². The monoisotopic (exact) mass is 301 g/mol. The summed E-state index contributed by atoms with van der Waals surface area (Å²) in [4.78, 5) is 8.58. The lowest BCUT2D eigenvalue weighted by atomic mass is 10.2. The van der Waals surface area contributed by atoms with Crippen LogP contribution in [-0.2, 0) is 17.9 Å². The van der Waals surface area contributed by atoms with E-state index in [0.717, 1.165) is 16.8 Å². The van der Waals surface area contributed by atoms with Crippen LogP contribution in [0.15, 0.2) is 55.2 Å². The van der Waals surface area contributed by atoms with E-state index in [2.05, 4.69) is 23.1 Å². The third-order valence-electron chi connectivity index (χ3n) is 2.90. The molecule has 0 radical (unpaired) electrons. The summed E-state index contributed by atoms with van der Waals surface area (Å²) in [6, 6.07) is 1.76. The van der Waals surface area contributed by atoms with E-state index in [1.807, 2.05) is 24.5 Å². The number of ether oxygens (including phenoxy) is 1. The average Bonchev–Trinajstić information content (AvgIpc) is 2.97. The molecule has 22 heavy (non-hydrogen) atoms. The van der Waals surface area contributed by atoms with Crippen LogP contribution < -0.4 is 0 Å². The van der Waals surface area contributed by atoms with Crippen LogP contribution >= 0.6 is 0 Å². The van der Waals surface area contributed by atoms with E-state index in [9.17, 15) is 5.11 Å². The number of nitrogens with zero attached hydrogens (tertiary/aromatic N) is 3. The number of imidazole rings is 1. The van der Waals surface area contributed by atoms with Crippen LogP contribution in [-0.4, -0.2) is 26.8 Å². The van der Waals surface area contributed by atoms with Gasteiger partial charge < -0.3 is 14.4 Å². The Hall–Kier alpha value is -2.40. The van der Waals surface area contributed by atoms with Gasteiger partial charge in [-0.3, -0.25) is 0 Å². The molecule has 0 spiro atoms. The first-order valence-electron chi connectivity index (χ1n) is 7.14. The van der Waals surface area contributed by atoms with E-state index in [4.69, 9.17) is 4.74 Å². The molecule has 0 aliphatic rings. The SMILES string of the molecule is C=C(/C=C\C(=C)OC)Cn1cnc2c(CO)ccnc21.CC. The predicted molar refractivity (Wildman–Crippen MR) is 89.2 cm³/mol. The van der Waals surface area contributed by atoms with E-state index in [1.165, 1.54) is 0 Å². The smallest absolute Gasteiger partial charge is 0.160 e. The number of methoxy groups -OCH3 is 1. The summed E-state index contributed by atoms with van der Waals surface area (Å²) < 4.78 is 6.84. The van der Waals surface area contributed by atoms with Crippen LogP contribution in [0.5, 0.6) is 0 Å². The topological polar surface area (TPSA) is 60.2 Å². The maximum Gasteiger partial charge on any atom is 0.160 e.